The maximum absolute atomic E-state index is 12.6. The molecule has 2 unspecified atom stereocenters. The summed E-state index contributed by atoms with van der Waals surface area (Å²) in [4.78, 5) is 15.5. The molecule has 0 spiro atoms. The Kier molecular flexibility index (Phi) is 3.29. The van der Waals surface area contributed by atoms with Gasteiger partial charge in [-0.2, -0.15) is 0 Å². The highest BCUT2D eigenvalue weighted by atomic mass is 32.1. The lowest BCUT2D eigenvalue weighted by atomic mass is 10.1. The number of rotatable bonds is 1. The van der Waals surface area contributed by atoms with Crippen molar-refractivity contribution >= 4 is 27.3 Å². The average Bonchev–Trinajstić information content (AvgIpc) is 2.84. The molecule has 4 heteroatoms. The minimum Gasteiger partial charge on any atom is -0.332 e. The van der Waals surface area contributed by atoms with Gasteiger partial charge in [-0.3, -0.25) is 4.79 Å². The van der Waals surface area contributed by atoms with E-state index >= 15 is 0 Å². The Morgan fingerprint density at radius 2 is 2.16 bits per heavy atom. The number of carbonyl (C=O) groups is 1. The molecule has 2 aromatic rings. The molecule has 19 heavy (non-hydrogen) atoms. The molecule has 3 rings (SSSR count). The van der Waals surface area contributed by atoms with Crippen molar-refractivity contribution < 1.29 is 4.79 Å². The van der Waals surface area contributed by atoms with E-state index in [1.165, 1.54) is 4.70 Å². The molecule has 1 aromatic heterocycles. The average molecular weight is 274 g/mol. The molecular weight excluding hydrogens is 256 g/mol. The second-order valence-corrected chi connectivity index (χ2v) is 6.35. The summed E-state index contributed by atoms with van der Waals surface area (Å²) >= 11 is 1.59. The first-order chi connectivity index (χ1) is 9.15. The van der Waals surface area contributed by atoms with Crippen molar-refractivity contribution in [2.75, 3.05) is 13.1 Å². The standard InChI is InChI=1S/C15H18N2OS/c1-10-9-17(11(2)8-16-10)15(18)14-7-12-5-3-4-6-13(12)19-14/h3-7,10-11,16H,8-9H2,1-2H3. The first-order valence-corrected chi connectivity index (χ1v) is 7.50. The summed E-state index contributed by atoms with van der Waals surface area (Å²) in [5, 5.41) is 4.56. The van der Waals surface area contributed by atoms with Crippen molar-refractivity contribution in [3.05, 3.63) is 35.2 Å². The van der Waals surface area contributed by atoms with Gasteiger partial charge >= 0.3 is 0 Å². The SMILES string of the molecule is CC1CN(C(=O)c2cc3ccccc3s2)C(C)CN1. The number of fused-ring (bicyclic) bond motifs is 1. The molecule has 2 atom stereocenters. The fraction of sp³-hybridized carbons (Fsp3) is 0.400. The smallest absolute Gasteiger partial charge is 0.264 e. The molecule has 100 valence electrons. The van der Waals surface area contributed by atoms with E-state index in [-0.39, 0.29) is 11.9 Å². The highest BCUT2D eigenvalue weighted by Crippen LogP contribution is 2.27. The normalized spacial score (nSPS) is 23.8. The highest BCUT2D eigenvalue weighted by molar-refractivity contribution is 7.20. The van der Waals surface area contributed by atoms with Crippen molar-refractivity contribution in [1.82, 2.24) is 10.2 Å². The van der Waals surface area contributed by atoms with Crippen LogP contribution in [0.15, 0.2) is 30.3 Å². The van der Waals surface area contributed by atoms with Gasteiger partial charge in [0.1, 0.15) is 0 Å². The van der Waals surface area contributed by atoms with E-state index in [9.17, 15) is 4.79 Å². The van der Waals surface area contributed by atoms with Gasteiger partial charge in [0.2, 0.25) is 0 Å². The molecule has 2 heterocycles. The number of piperazine rings is 1. The summed E-state index contributed by atoms with van der Waals surface area (Å²) < 4.78 is 1.18. The van der Waals surface area contributed by atoms with Crippen LogP contribution in [0.5, 0.6) is 0 Å². The second kappa shape index (κ2) is 4.94. The minimum atomic E-state index is 0.169. The van der Waals surface area contributed by atoms with Gasteiger partial charge in [-0.05, 0) is 31.4 Å². The number of thiophene rings is 1. The van der Waals surface area contributed by atoms with Crippen LogP contribution >= 0.6 is 11.3 Å². The molecule has 1 aliphatic heterocycles. The zero-order valence-corrected chi connectivity index (χ0v) is 12.0. The third-order valence-electron chi connectivity index (χ3n) is 3.66. The maximum atomic E-state index is 12.6. The Morgan fingerprint density at radius 3 is 2.95 bits per heavy atom. The number of hydrogen-bond donors (Lipinski definition) is 1. The summed E-state index contributed by atoms with van der Waals surface area (Å²) in [5.74, 6) is 0.169. The van der Waals surface area contributed by atoms with Crippen LogP contribution in [0.25, 0.3) is 10.1 Å². The number of hydrogen-bond acceptors (Lipinski definition) is 3. The molecule has 0 radical (unpaired) electrons. The van der Waals surface area contributed by atoms with E-state index in [2.05, 4.69) is 31.3 Å². The lowest BCUT2D eigenvalue weighted by molar-refractivity contribution is 0.0621. The topological polar surface area (TPSA) is 32.3 Å². The molecule has 1 aliphatic rings. The zero-order valence-electron chi connectivity index (χ0n) is 11.2. The van der Waals surface area contributed by atoms with Crippen LogP contribution in [0, 0.1) is 0 Å². The molecule has 3 nitrogen and oxygen atoms in total. The largest absolute Gasteiger partial charge is 0.332 e. The van der Waals surface area contributed by atoms with Gasteiger partial charge in [0, 0.05) is 29.9 Å². The second-order valence-electron chi connectivity index (χ2n) is 5.26. The van der Waals surface area contributed by atoms with Crippen molar-refractivity contribution in [3.8, 4) is 0 Å². The fourth-order valence-electron chi connectivity index (χ4n) is 2.53. The van der Waals surface area contributed by atoms with E-state index in [4.69, 9.17) is 0 Å². The first kappa shape index (κ1) is 12.6. The molecule has 1 saturated heterocycles. The van der Waals surface area contributed by atoms with Crippen LogP contribution in [0.1, 0.15) is 23.5 Å². The molecule has 0 bridgehead atoms. The monoisotopic (exact) mass is 274 g/mol. The molecule has 1 aromatic carbocycles. The predicted octanol–water partition coefficient (Wildman–Crippen LogP) is 2.72. The van der Waals surface area contributed by atoms with Gasteiger partial charge in [-0.15, -0.1) is 11.3 Å². The maximum Gasteiger partial charge on any atom is 0.264 e. The summed E-state index contributed by atoms with van der Waals surface area (Å²) in [6.07, 6.45) is 0. The predicted molar refractivity (Wildman–Crippen MR) is 79.8 cm³/mol. The van der Waals surface area contributed by atoms with Crippen LogP contribution in [0.2, 0.25) is 0 Å². The molecule has 0 saturated carbocycles. The van der Waals surface area contributed by atoms with Crippen molar-refractivity contribution in [2.24, 2.45) is 0 Å². The Balaban J connectivity index is 1.90. The van der Waals surface area contributed by atoms with E-state index < -0.39 is 0 Å². The molecule has 1 amide bonds. The fourth-order valence-corrected chi connectivity index (χ4v) is 3.55. The number of nitrogens with zero attached hydrogens (tertiary/aromatic N) is 1. The van der Waals surface area contributed by atoms with Crippen LogP contribution < -0.4 is 5.32 Å². The van der Waals surface area contributed by atoms with Crippen LogP contribution in [-0.2, 0) is 0 Å². The first-order valence-electron chi connectivity index (χ1n) is 6.68. The molecule has 0 aliphatic carbocycles. The van der Waals surface area contributed by atoms with Crippen LogP contribution in [0.4, 0.5) is 0 Å². The lowest BCUT2D eigenvalue weighted by Crippen LogP contribution is -2.56. The van der Waals surface area contributed by atoms with E-state index in [1.54, 1.807) is 11.3 Å². The third-order valence-corrected chi connectivity index (χ3v) is 4.77. The number of carbonyl (C=O) groups excluding carboxylic acids is 1. The van der Waals surface area contributed by atoms with Crippen molar-refractivity contribution in [2.45, 2.75) is 25.9 Å². The van der Waals surface area contributed by atoms with Gasteiger partial charge in [0.25, 0.3) is 5.91 Å². The minimum absolute atomic E-state index is 0.169. The molecule has 1 N–H and O–H groups in total. The number of nitrogens with one attached hydrogen (secondary N) is 1. The van der Waals surface area contributed by atoms with Gasteiger partial charge < -0.3 is 10.2 Å². The van der Waals surface area contributed by atoms with Crippen molar-refractivity contribution in [3.63, 3.8) is 0 Å². The van der Waals surface area contributed by atoms with E-state index in [0.29, 0.717) is 6.04 Å². The van der Waals surface area contributed by atoms with E-state index in [1.807, 2.05) is 23.1 Å². The quantitative estimate of drug-likeness (QED) is 0.867. The van der Waals surface area contributed by atoms with E-state index in [0.717, 1.165) is 23.4 Å². The van der Waals surface area contributed by atoms with Crippen LogP contribution in [0.3, 0.4) is 0 Å². The van der Waals surface area contributed by atoms with Gasteiger partial charge in [0.15, 0.2) is 0 Å². The number of benzene rings is 1. The molecule has 1 fully saturated rings. The van der Waals surface area contributed by atoms with Crippen molar-refractivity contribution in [1.29, 1.82) is 0 Å². The van der Waals surface area contributed by atoms with Gasteiger partial charge in [-0.1, -0.05) is 18.2 Å². The third kappa shape index (κ3) is 2.38. The summed E-state index contributed by atoms with van der Waals surface area (Å²) in [6.45, 7) is 5.88. The summed E-state index contributed by atoms with van der Waals surface area (Å²) in [5.41, 5.74) is 0. The Morgan fingerprint density at radius 1 is 1.37 bits per heavy atom. The highest BCUT2D eigenvalue weighted by Gasteiger charge is 2.28. The Hall–Kier alpha value is -1.39. The summed E-state index contributed by atoms with van der Waals surface area (Å²) in [6, 6.07) is 10.8. The Labute approximate surface area is 117 Å². The lowest BCUT2D eigenvalue weighted by Gasteiger charge is -2.37. The Bertz CT molecular complexity index is 574. The van der Waals surface area contributed by atoms with Gasteiger partial charge in [-0.25, -0.2) is 0 Å². The number of amides is 1. The van der Waals surface area contributed by atoms with Gasteiger partial charge in [0.05, 0.1) is 4.88 Å². The summed E-state index contributed by atoms with van der Waals surface area (Å²) in [7, 11) is 0. The zero-order chi connectivity index (χ0) is 13.4. The van der Waals surface area contributed by atoms with Crippen LogP contribution in [-0.4, -0.2) is 36.0 Å². The molecular formula is C15H18N2OS.